The molecule has 3 aromatic carbocycles. The molecule has 2 bridgehead atoms. The van der Waals surface area contributed by atoms with Crippen LogP contribution in [0.25, 0.3) is 11.1 Å². The monoisotopic (exact) mass is 596 g/mol. The smallest absolute Gasteiger partial charge is 0.217 e. The van der Waals surface area contributed by atoms with Crippen LogP contribution in [0.15, 0.2) is 72.8 Å². The molecule has 234 valence electrons. The number of amides is 1. The number of hydrogen-bond acceptors (Lipinski definition) is 5. The van der Waals surface area contributed by atoms with Crippen molar-refractivity contribution in [3.63, 3.8) is 0 Å². The standard InChI is InChI=1S/C38H48N2O4/c1-25-34(21-40-24-38(5)19-33(40)18-37(3,4)23-38)43-36(44-35(25)30-11-9-27(22-41)10-12-30)31-15-13-29(14-16-31)32-8-6-7-28(17-32)20-39-26(2)42/h6-17,25,33-36,41H,18-24H2,1-5H3,(H,39,42)/t25-,33?,34+,35+,36+,38?/m1/s1. The number of carbonyl (C=O) groups excluding carboxylic acids is 1. The molecule has 0 spiro atoms. The molecule has 2 unspecified atom stereocenters. The molecule has 2 N–H and O–H groups in total. The number of carbonyl (C=O) groups is 1. The van der Waals surface area contributed by atoms with Gasteiger partial charge in [-0.2, -0.15) is 0 Å². The minimum absolute atomic E-state index is 0.0208. The number of nitrogens with one attached hydrogen (secondary N) is 1. The van der Waals surface area contributed by atoms with Crippen molar-refractivity contribution in [2.45, 2.75) is 91.6 Å². The van der Waals surface area contributed by atoms with Crippen molar-refractivity contribution in [2.75, 3.05) is 13.1 Å². The van der Waals surface area contributed by atoms with E-state index in [1.807, 2.05) is 24.3 Å². The summed E-state index contributed by atoms with van der Waals surface area (Å²) in [6, 6.07) is 25.5. The van der Waals surface area contributed by atoms with Crippen molar-refractivity contribution >= 4 is 5.91 Å². The van der Waals surface area contributed by atoms with Crippen molar-refractivity contribution in [1.82, 2.24) is 10.2 Å². The number of aliphatic hydroxyl groups is 1. The van der Waals surface area contributed by atoms with Crippen molar-refractivity contribution in [1.29, 1.82) is 0 Å². The first-order valence-electron chi connectivity index (χ1n) is 16.2. The van der Waals surface area contributed by atoms with Crippen molar-refractivity contribution < 1.29 is 19.4 Å². The van der Waals surface area contributed by atoms with Crippen LogP contribution in [0.1, 0.15) is 88.5 Å². The van der Waals surface area contributed by atoms with Gasteiger partial charge >= 0.3 is 0 Å². The molecule has 6 rings (SSSR count). The first-order chi connectivity index (χ1) is 21.0. The van der Waals surface area contributed by atoms with Gasteiger partial charge in [0.2, 0.25) is 5.91 Å². The van der Waals surface area contributed by atoms with E-state index in [0.717, 1.165) is 46.5 Å². The molecule has 0 aromatic heterocycles. The molecule has 6 heteroatoms. The SMILES string of the molecule is CC(=O)NCc1cccc(-c2ccc([C@H]3O[C@@H](CN4CC5(C)CC4CC(C)(C)C5)[C@@H](C)[C@@H](c4ccc(CO)cc4)O3)cc2)c1. The van der Waals surface area contributed by atoms with Gasteiger partial charge in [0.25, 0.3) is 0 Å². The maximum absolute atomic E-state index is 11.4. The highest BCUT2D eigenvalue weighted by Crippen LogP contribution is 2.53. The summed E-state index contributed by atoms with van der Waals surface area (Å²) < 4.78 is 13.6. The van der Waals surface area contributed by atoms with E-state index < -0.39 is 6.29 Å². The van der Waals surface area contributed by atoms with Crippen LogP contribution in [0, 0.1) is 16.7 Å². The molecule has 3 fully saturated rings. The van der Waals surface area contributed by atoms with Gasteiger partial charge in [0.05, 0.1) is 18.8 Å². The normalized spacial score (nSPS) is 29.8. The van der Waals surface area contributed by atoms with Gasteiger partial charge in [0.1, 0.15) is 0 Å². The number of fused-ring (bicyclic) bond motifs is 2. The molecule has 0 radical (unpaired) electrons. The molecule has 2 aliphatic heterocycles. The van der Waals surface area contributed by atoms with Crippen molar-refractivity contribution in [3.8, 4) is 11.1 Å². The molecule has 6 atom stereocenters. The Morgan fingerprint density at radius 2 is 1.66 bits per heavy atom. The Labute approximate surface area is 262 Å². The lowest BCUT2D eigenvalue weighted by molar-refractivity contribution is -0.276. The fourth-order valence-electron chi connectivity index (χ4n) is 8.27. The van der Waals surface area contributed by atoms with Crippen LogP contribution in [-0.4, -0.2) is 41.1 Å². The summed E-state index contributed by atoms with van der Waals surface area (Å²) in [7, 11) is 0. The van der Waals surface area contributed by atoms with Gasteiger partial charge in [-0.05, 0) is 64.0 Å². The number of ether oxygens (including phenoxy) is 2. The zero-order valence-electron chi connectivity index (χ0n) is 26.9. The molecule has 2 heterocycles. The number of nitrogens with zero attached hydrogens (tertiary/aromatic N) is 1. The summed E-state index contributed by atoms with van der Waals surface area (Å²) in [4.78, 5) is 14.1. The van der Waals surface area contributed by atoms with E-state index in [9.17, 15) is 9.90 Å². The summed E-state index contributed by atoms with van der Waals surface area (Å²) >= 11 is 0. The van der Waals surface area contributed by atoms with Crippen molar-refractivity contribution in [2.24, 2.45) is 16.7 Å². The van der Waals surface area contributed by atoms with Gasteiger partial charge in [0.15, 0.2) is 6.29 Å². The highest BCUT2D eigenvalue weighted by molar-refractivity contribution is 5.73. The first-order valence-corrected chi connectivity index (χ1v) is 16.2. The van der Waals surface area contributed by atoms with Crippen molar-refractivity contribution in [3.05, 3.63) is 95.1 Å². The van der Waals surface area contributed by atoms with Gasteiger partial charge in [-0.3, -0.25) is 9.69 Å². The molecule has 1 saturated carbocycles. The third-order valence-electron chi connectivity index (χ3n) is 10.0. The highest BCUT2D eigenvalue weighted by Gasteiger charge is 2.51. The summed E-state index contributed by atoms with van der Waals surface area (Å²) in [6.07, 6.45) is 3.22. The minimum Gasteiger partial charge on any atom is -0.392 e. The Bertz CT molecular complexity index is 1450. The van der Waals surface area contributed by atoms with Gasteiger partial charge in [-0.1, -0.05) is 94.4 Å². The summed E-state index contributed by atoms with van der Waals surface area (Å²) in [5.74, 6) is 0.131. The van der Waals surface area contributed by atoms with Gasteiger partial charge in [0, 0.05) is 44.1 Å². The molecule has 2 saturated heterocycles. The van der Waals surface area contributed by atoms with Crippen LogP contribution in [-0.2, 0) is 27.4 Å². The maximum Gasteiger partial charge on any atom is 0.217 e. The zero-order chi connectivity index (χ0) is 31.1. The molecule has 6 nitrogen and oxygen atoms in total. The molecule has 1 aliphatic carbocycles. The van der Waals surface area contributed by atoms with E-state index in [-0.39, 0.29) is 30.6 Å². The van der Waals surface area contributed by atoms with E-state index in [4.69, 9.17) is 9.47 Å². The highest BCUT2D eigenvalue weighted by atomic mass is 16.7. The molecular weight excluding hydrogens is 548 g/mol. The largest absolute Gasteiger partial charge is 0.392 e. The lowest BCUT2D eigenvalue weighted by Gasteiger charge is -2.43. The summed E-state index contributed by atoms with van der Waals surface area (Å²) in [5, 5.41) is 12.5. The number of hydrogen-bond donors (Lipinski definition) is 2. The third-order valence-corrected chi connectivity index (χ3v) is 10.0. The van der Waals surface area contributed by atoms with E-state index in [0.29, 0.717) is 23.4 Å². The molecule has 44 heavy (non-hydrogen) atoms. The Morgan fingerprint density at radius 3 is 2.36 bits per heavy atom. The predicted octanol–water partition coefficient (Wildman–Crippen LogP) is 7.17. The minimum atomic E-state index is -0.479. The second kappa shape index (κ2) is 12.4. The van der Waals surface area contributed by atoms with Crippen LogP contribution in [0.2, 0.25) is 0 Å². The number of benzene rings is 3. The number of aliphatic hydroxyl groups excluding tert-OH is 1. The van der Waals surface area contributed by atoms with E-state index in [2.05, 4.69) is 86.4 Å². The Balaban J connectivity index is 1.24. The van der Waals surface area contributed by atoms with Gasteiger partial charge < -0.3 is 19.9 Å². The van der Waals surface area contributed by atoms with Crippen LogP contribution in [0.3, 0.4) is 0 Å². The molecular formula is C38H48N2O4. The topological polar surface area (TPSA) is 71.0 Å². The quantitative estimate of drug-likeness (QED) is 0.288. The third kappa shape index (κ3) is 6.79. The molecule has 1 amide bonds. The average Bonchev–Trinajstić information content (AvgIpc) is 3.24. The Hall–Kier alpha value is -3.03. The fourth-order valence-corrected chi connectivity index (χ4v) is 8.27. The average molecular weight is 597 g/mol. The Kier molecular flexibility index (Phi) is 8.73. The van der Waals surface area contributed by atoms with E-state index >= 15 is 0 Å². The fraction of sp³-hybridized carbons (Fsp3) is 0.500. The second-order valence-electron chi connectivity index (χ2n) is 14.7. The zero-order valence-corrected chi connectivity index (χ0v) is 26.9. The lowest BCUT2D eigenvalue weighted by atomic mass is 9.65. The van der Waals surface area contributed by atoms with Crippen LogP contribution < -0.4 is 5.32 Å². The Morgan fingerprint density at radius 1 is 0.932 bits per heavy atom. The van der Waals surface area contributed by atoms with Gasteiger partial charge in [-0.25, -0.2) is 0 Å². The van der Waals surface area contributed by atoms with E-state index in [1.165, 1.54) is 26.2 Å². The van der Waals surface area contributed by atoms with E-state index in [1.54, 1.807) is 0 Å². The second-order valence-corrected chi connectivity index (χ2v) is 14.7. The lowest BCUT2D eigenvalue weighted by Crippen LogP contribution is -2.46. The van der Waals surface area contributed by atoms with Crippen LogP contribution in [0.5, 0.6) is 0 Å². The van der Waals surface area contributed by atoms with Crippen LogP contribution in [0.4, 0.5) is 0 Å². The molecule has 3 aliphatic rings. The number of rotatable bonds is 8. The molecule has 3 aromatic rings. The maximum atomic E-state index is 11.4. The predicted molar refractivity (Wildman–Crippen MR) is 173 cm³/mol. The number of likely N-dealkylation sites (tertiary alicyclic amines) is 1. The van der Waals surface area contributed by atoms with Gasteiger partial charge in [-0.15, -0.1) is 0 Å². The summed E-state index contributed by atoms with van der Waals surface area (Å²) in [6.45, 7) is 13.7. The first kappa shape index (κ1) is 31.0. The summed E-state index contributed by atoms with van der Waals surface area (Å²) in [5.41, 5.74) is 7.05. The van der Waals surface area contributed by atoms with Crippen LogP contribution >= 0.6 is 0 Å².